The molecule has 1 aromatic carbocycles. The summed E-state index contributed by atoms with van der Waals surface area (Å²) in [6.07, 6.45) is 3.10. The van der Waals surface area contributed by atoms with Crippen LogP contribution in [0.25, 0.3) is 0 Å². The molecule has 0 radical (unpaired) electrons. The molecule has 0 aliphatic carbocycles. The van der Waals surface area contributed by atoms with Crippen LogP contribution in [0.5, 0.6) is 17.2 Å². The van der Waals surface area contributed by atoms with Crippen LogP contribution in [0.2, 0.25) is 0 Å². The Morgan fingerprint density at radius 1 is 1.17 bits per heavy atom. The van der Waals surface area contributed by atoms with Crippen molar-refractivity contribution in [2.75, 3.05) is 27.9 Å². The predicted molar refractivity (Wildman–Crippen MR) is 90.8 cm³/mol. The van der Waals surface area contributed by atoms with Crippen LogP contribution in [0.4, 0.5) is 0 Å². The molecule has 0 aromatic heterocycles. The van der Waals surface area contributed by atoms with Gasteiger partial charge < -0.3 is 24.8 Å². The van der Waals surface area contributed by atoms with Crippen molar-refractivity contribution in [1.29, 1.82) is 0 Å². The summed E-state index contributed by atoms with van der Waals surface area (Å²) in [7, 11) is 4.72. The molecule has 0 bridgehead atoms. The van der Waals surface area contributed by atoms with Gasteiger partial charge in [-0.1, -0.05) is 6.42 Å². The van der Waals surface area contributed by atoms with E-state index in [1.165, 1.54) is 0 Å². The second-order valence-electron chi connectivity index (χ2n) is 5.21. The summed E-state index contributed by atoms with van der Waals surface area (Å²) in [5.41, 5.74) is 0.851. The molecule has 130 valence electrons. The van der Waals surface area contributed by atoms with E-state index in [9.17, 15) is 4.79 Å². The van der Waals surface area contributed by atoms with Gasteiger partial charge in [0.25, 0.3) is 0 Å². The minimum Gasteiger partial charge on any atom is -0.493 e. The number of piperidine rings is 1. The molecule has 0 saturated carbocycles. The van der Waals surface area contributed by atoms with Gasteiger partial charge in [0.2, 0.25) is 11.7 Å². The van der Waals surface area contributed by atoms with E-state index < -0.39 is 0 Å². The lowest BCUT2D eigenvalue weighted by atomic mass is 10.0. The monoisotopic (exact) mass is 344 g/mol. The highest BCUT2D eigenvalue weighted by atomic mass is 35.5. The summed E-state index contributed by atoms with van der Waals surface area (Å²) >= 11 is 0. The van der Waals surface area contributed by atoms with Gasteiger partial charge in [0.1, 0.15) is 0 Å². The third kappa shape index (κ3) is 4.65. The number of rotatable bonds is 6. The molecule has 1 aliphatic rings. The van der Waals surface area contributed by atoms with Crippen molar-refractivity contribution in [3.05, 3.63) is 17.7 Å². The first kappa shape index (κ1) is 19.4. The number of nitrogens with one attached hydrogen (secondary N) is 2. The smallest absolute Gasteiger partial charge is 0.237 e. The fraction of sp³-hybridized carbons (Fsp3) is 0.562. The summed E-state index contributed by atoms with van der Waals surface area (Å²) in [4.78, 5) is 12.2. The number of hydrogen-bond donors (Lipinski definition) is 2. The highest BCUT2D eigenvalue weighted by Gasteiger charge is 2.21. The third-order valence-corrected chi connectivity index (χ3v) is 3.87. The molecule has 1 aromatic rings. The first-order valence-electron chi connectivity index (χ1n) is 7.50. The van der Waals surface area contributed by atoms with Crippen LogP contribution in [-0.4, -0.2) is 39.8 Å². The molecule has 1 heterocycles. The van der Waals surface area contributed by atoms with Gasteiger partial charge >= 0.3 is 0 Å². The zero-order chi connectivity index (χ0) is 15.9. The SMILES string of the molecule is COc1ccc(CNC(=O)C2CCCCN2)c(OC)c1OC.Cl. The Kier molecular flexibility index (Phi) is 7.98. The summed E-state index contributed by atoms with van der Waals surface area (Å²) in [5.74, 6) is 1.74. The predicted octanol–water partition coefficient (Wildman–Crippen LogP) is 1.89. The minimum absolute atomic E-state index is 0. The maximum atomic E-state index is 12.2. The van der Waals surface area contributed by atoms with Gasteiger partial charge in [-0.3, -0.25) is 4.79 Å². The molecule has 23 heavy (non-hydrogen) atoms. The van der Waals surface area contributed by atoms with Crippen LogP contribution in [0.1, 0.15) is 24.8 Å². The summed E-state index contributed by atoms with van der Waals surface area (Å²) in [5, 5.41) is 6.19. The maximum absolute atomic E-state index is 12.2. The standard InChI is InChI=1S/C16H24N2O4.ClH/c1-20-13-8-7-11(14(21-2)15(13)22-3)10-18-16(19)12-6-4-5-9-17-12;/h7-8,12,17H,4-6,9-10H2,1-3H3,(H,18,19);1H. The number of carbonyl (C=O) groups is 1. The maximum Gasteiger partial charge on any atom is 0.237 e. The molecular formula is C16H25ClN2O4. The average molecular weight is 345 g/mol. The van der Waals surface area contributed by atoms with Crippen LogP contribution in [-0.2, 0) is 11.3 Å². The van der Waals surface area contributed by atoms with Crippen molar-refractivity contribution in [1.82, 2.24) is 10.6 Å². The average Bonchev–Trinajstić information content (AvgIpc) is 2.59. The second-order valence-corrected chi connectivity index (χ2v) is 5.21. The first-order chi connectivity index (χ1) is 10.7. The summed E-state index contributed by atoms with van der Waals surface area (Å²) < 4.78 is 16.0. The van der Waals surface area contributed by atoms with E-state index in [0.717, 1.165) is 31.4 Å². The molecule has 1 aliphatic heterocycles. The molecule has 1 atom stereocenters. The van der Waals surface area contributed by atoms with Crippen molar-refractivity contribution in [3.8, 4) is 17.2 Å². The Morgan fingerprint density at radius 2 is 1.91 bits per heavy atom. The van der Waals surface area contributed by atoms with Crippen LogP contribution in [0.15, 0.2) is 12.1 Å². The molecule has 6 nitrogen and oxygen atoms in total. The van der Waals surface area contributed by atoms with E-state index in [0.29, 0.717) is 23.8 Å². The lowest BCUT2D eigenvalue weighted by Gasteiger charge is -2.23. The van der Waals surface area contributed by atoms with Crippen LogP contribution in [0, 0.1) is 0 Å². The van der Waals surface area contributed by atoms with Gasteiger partial charge in [-0.25, -0.2) is 0 Å². The normalized spacial score (nSPS) is 16.9. The number of amides is 1. The number of halogens is 1. The molecule has 7 heteroatoms. The van der Waals surface area contributed by atoms with E-state index in [1.807, 2.05) is 12.1 Å². The van der Waals surface area contributed by atoms with E-state index in [4.69, 9.17) is 14.2 Å². The zero-order valence-electron chi connectivity index (χ0n) is 13.8. The fourth-order valence-electron chi connectivity index (χ4n) is 2.68. The van der Waals surface area contributed by atoms with Crippen molar-refractivity contribution in [2.24, 2.45) is 0 Å². The van der Waals surface area contributed by atoms with E-state index in [2.05, 4.69) is 10.6 Å². The molecule has 1 amide bonds. The topological polar surface area (TPSA) is 68.8 Å². The number of methoxy groups -OCH3 is 3. The van der Waals surface area contributed by atoms with Crippen LogP contribution >= 0.6 is 12.4 Å². The van der Waals surface area contributed by atoms with Crippen molar-refractivity contribution >= 4 is 18.3 Å². The second kappa shape index (κ2) is 9.47. The third-order valence-electron chi connectivity index (χ3n) is 3.87. The Balaban J connectivity index is 0.00000264. The van der Waals surface area contributed by atoms with Gasteiger partial charge in [-0.05, 0) is 31.5 Å². The quantitative estimate of drug-likeness (QED) is 0.824. The van der Waals surface area contributed by atoms with Crippen molar-refractivity contribution in [3.63, 3.8) is 0 Å². The number of benzene rings is 1. The molecule has 1 unspecified atom stereocenters. The zero-order valence-corrected chi connectivity index (χ0v) is 14.6. The first-order valence-corrected chi connectivity index (χ1v) is 7.50. The van der Waals surface area contributed by atoms with Crippen LogP contribution < -0.4 is 24.8 Å². The van der Waals surface area contributed by atoms with Crippen LogP contribution in [0.3, 0.4) is 0 Å². The minimum atomic E-state index is -0.0973. The van der Waals surface area contributed by atoms with Gasteiger partial charge in [-0.15, -0.1) is 12.4 Å². The fourth-order valence-corrected chi connectivity index (χ4v) is 2.68. The molecule has 1 saturated heterocycles. The van der Waals surface area contributed by atoms with E-state index >= 15 is 0 Å². The number of ether oxygens (including phenoxy) is 3. The highest BCUT2D eigenvalue weighted by Crippen LogP contribution is 2.39. The highest BCUT2D eigenvalue weighted by molar-refractivity contribution is 5.85. The van der Waals surface area contributed by atoms with Gasteiger partial charge in [0.15, 0.2) is 11.5 Å². The van der Waals surface area contributed by atoms with Crippen molar-refractivity contribution in [2.45, 2.75) is 31.8 Å². The number of carbonyl (C=O) groups excluding carboxylic acids is 1. The molecule has 0 spiro atoms. The van der Waals surface area contributed by atoms with E-state index in [-0.39, 0.29) is 24.4 Å². The van der Waals surface area contributed by atoms with Gasteiger partial charge in [-0.2, -0.15) is 0 Å². The van der Waals surface area contributed by atoms with Gasteiger partial charge in [0.05, 0.1) is 27.4 Å². The lowest BCUT2D eigenvalue weighted by molar-refractivity contribution is -0.123. The van der Waals surface area contributed by atoms with E-state index in [1.54, 1.807) is 21.3 Å². The Hall–Kier alpha value is -1.66. The molecular weight excluding hydrogens is 320 g/mol. The molecule has 2 rings (SSSR count). The summed E-state index contributed by atoms with van der Waals surface area (Å²) in [6.45, 7) is 1.29. The summed E-state index contributed by atoms with van der Waals surface area (Å²) in [6, 6.07) is 3.58. The van der Waals surface area contributed by atoms with Crippen molar-refractivity contribution < 1.29 is 19.0 Å². The molecule has 2 N–H and O–H groups in total. The number of hydrogen-bond acceptors (Lipinski definition) is 5. The van der Waals surface area contributed by atoms with Gasteiger partial charge in [0, 0.05) is 12.1 Å². The largest absolute Gasteiger partial charge is 0.493 e. The molecule has 1 fully saturated rings. The Morgan fingerprint density at radius 3 is 2.48 bits per heavy atom. The Bertz CT molecular complexity index is 519. The Labute approximate surface area is 143 Å². The lowest BCUT2D eigenvalue weighted by Crippen LogP contribution is -2.46.